The fraction of sp³-hybridized carbons (Fsp3) is 0.167. The summed E-state index contributed by atoms with van der Waals surface area (Å²) in [5, 5.41) is 0. The van der Waals surface area contributed by atoms with E-state index in [1.165, 1.54) is 11.3 Å². The molecule has 1 nitrogen and oxygen atoms in total. The number of rotatable bonds is 0. The van der Waals surface area contributed by atoms with Crippen LogP contribution in [0.15, 0.2) is 5.51 Å². The van der Waals surface area contributed by atoms with E-state index in [0.29, 0.717) is 0 Å². The van der Waals surface area contributed by atoms with Crippen LogP contribution >= 0.6 is 11.3 Å². The van der Waals surface area contributed by atoms with Crippen LogP contribution in [0.2, 0.25) is 0 Å². The molecule has 0 spiro atoms. The van der Waals surface area contributed by atoms with Gasteiger partial charge in [-0.15, -0.1) is 17.8 Å². The lowest BCUT2D eigenvalue weighted by molar-refractivity contribution is 1.26. The van der Waals surface area contributed by atoms with Crippen molar-refractivity contribution >= 4 is 11.3 Å². The quantitative estimate of drug-likeness (QED) is 0.475. The molecule has 0 N–H and O–H groups in total. The van der Waals surface area contributed by atoms with Crippen molar-refractivity contribution < 1.29 is 0 Å². The molecule has 0 unspecified atom stereocenters. The topological polar surface area (TPSA) is 12.9 Å². The fourth-order valence-electron chi connectivity index (χ4n) is 0.440. The molecule has 0 saturated carbocycles. The van der Waals surface area contributed by atoms with Crippen LogP contribution in [0.5, 0.6) is 0 Å². The van der Waals surface area contributed by atoms with Gasteiger partial charge in [-0.2, -0.15) is 0 Å². The highest BCUT2D eigenvalue weighted by atomic mass is 32.1. The van der Waals surface area contributed by atoms with Crippen molar-refractivity contribution in [2.24, 2.45) is 0 Å². The SMILES string of the molecule is C#Cc1scnc1C. The number of thiazole rings is 1. The van der Waals surface area contributed by atoms with Gasteiger partial charge < -0.3 is 0 Å². The summed E-state index contributed by atoms with van der Waals surface area (Å²) < 4.78 is 0. The van der Waals surface area contributed by atoms with Gasteiger partial charge in [-0.1, -0.05) is 5.92 Å². The number of nitrogens with zero attached hydrogens (tertiary/aromatic N) is 1. The third-order valence-electron chi connectivity index (χ3n) is 0.877. The second-order valence-electron chi connectivity index (χ2n) is 1.41. The van der Waals surface area contributed by atoms with Crippen molar-refractivity contribution in [3.8, 4) is 12.3 Å². The molecule has 1 rings (SSSR count). The number of hydrogen-bond donors (Lipinski definition) is 0. The van der Waals surface area contributed by atoms with Gasteiger partial charge in [0.15, 0.2) is 0 Å². The van der Waals surface area contributed by atoms with Crippen LogP contribution in [-0.2, 0) is 0 Å². The predicted octanol–water partition coefficient (Wildman–Crippen LogP) is 1.43. The third-order valence-corrected chi connectivity index (χ3v) is 1.74. The Labute approximate surface area is 52.4 Å². The Morgan fingerprint density at radius 1 is 1.88 bits per heavy atom. The van der Waals surface area contributed by atoms with Crippen LogP contribution in [0, 0.1) is 19.3 Å². The molecule has 1 heterocycles. The minimum absolute atomic E-state index is 0.935. The maximum Gasteiger partial charge on any atom is 0.0993 e. The number of aryl methyl sites for hydroxylation is 1. The fourth-order valence-corrected chi connectivity index (χ4v) is 1.05. The molecule has 8 heavy (non-hydrogen) atoms. The first-order valence-corrected chi connectivity index (χ1v) is 3.09. The van der Waals surface area contributed by atoms with E-state index < -0.39 is 0 Å². The molecule has 0 aliphatic heterocycles. The zero-order valence-electron chi connectivity index (χ0n) is 4.51. The molecule has 0 saturated heterocycles. The molecule has 0 aromatic carbocycles. The van der Waals surface area contributed by atoms with E-state index in [1.807, 2.05) is 6.92 Å². The molecule has 0 aliphatic rings. The van der Waals surface area contributed by atoms with Crippen molar-refractivity contribution in [2.45, 2.75) is 6.92 Å². The lowest BCUT2D eigenvalue weighted by Crippen LogP contribution is -1.70. The summed E-state index contributed by atoms with van der Waals surface area (Å²) in [4.78, 5) is 4.90. The molecule has 0 radical (unpaired) electrons. The highest BCUT2D eigenvalue weighted by molar-refractivity contribution is 7.10. The minimum atomic E-state index is 0.935. The van der Waals surface area contributed by atoms with E-state index in [4.69, 9.17) is 6.42 Å². The Bertz CT molecular complexity index is 219. The number of aromatic nitrogens is 1. The summed E-state index contributed by atoms with van der Waals surface area (Å²) in [5.74, 6) is 2.53. The van der Waals surface area contributed by atoms with E-state index in [0.717, 1.165) is 10.6 Å². The molecular formula is C6H5NS. The second-order valence-corrected chi connectivity index (χ2v) is 2.27. The van der Waals surface area contributed by atoms with Gasteiger partial charge in [-0.25, -0.2) is 4.98 Å². The monoisotopic (exact) mass is 123 g/mol. The van der Waals surface area contributed by atoms with Crippen LogP contribution in [0.4, 0.5) is 0 Å². The molecular weight excluding hydrogens is 118 g/mol. The van der Waals surface area contributed by atoms with Gasteiger partial charge >= 0.3 is 0 Å². The first kappa shape index (κ1) is 5.33. The average molecular weight is 123 g/mol. The number of terminal acetylenes is 1. The van der Waals surface area contributed by atoms with Crippen LogP contribution in [0.25, 0.3) is 0 Å². The second kappa shape index (κ2) is 1.97. The molecule has 0 amide bonds. The Hall–Kier alpha value is -0.810. The van der Waals surface area contributed by atoms with Crippen molar-refractivity contribution in [3.63, 3.8) is 0 Å². The van der Waals surface area contributed by atoms with E-state index in [2.05, 4.69) is 10.9 Å². The van der Waals surface area contributed by atoms with Gasteiger partial charge in [-0.05, 0) is 6.92 Å². The largest absolute Gasteiger partial charge is 0.249 e. The zero-order chi connectivity index (χ0) is 5.98. The van der Waals surface area contributed by atoms with Gasteiger partial charge in [0, 0.05) is 0 Å². The molecule has 0 aliphatic carbocycles. The summed E-state index contributed by atoms with van der Waals surface area (Å²) in [7, 11) is 0. The van der Waals surface area contributed by atoms with Gasteiger partial charge in [0.05, 0.1) is 16.1 Å². The van der Waals surface area contributed by atoms with Gasteiger partial charge in [0.1, 0.15) is 0 Å². The first-order chi connectivity index (χ1) is 3.84. The van der Waals surface area contributed by atoms with Crippen LogP contribution in [0.1, 0.15) is 10.6 Å². The normalized spacial score (nSPS) is 8.50. The lowest BCUT2D eigenvalue weighted by Gasteiger charge is -1.77. The summed E-state index contributed by atoms with van der Waals surface area (Å²) in [5.41, 5.74) is 2.71. The highest BCUT2D eigenvalue weighted by Crippen LogP contribution is 2.08. The summed E-state index contributed by atoms with van der Waals surface area (Å²) in [6, 6.07) is 0. The zero-order valence-corrected chi connectivity index (χ0v) is 5.33. The summed E-state index contributed by atoms with van der Waals surface area (Å²) in [6.07, 6.45) is 5.12. The maximum absolute atomic E-state index is 5.12. The highest BCUT2D eigenvalue weighted by Gasteiger charge is 1.92. The molecule has 2 heteroatoms. The van der Waals surface area contributed by atoms with Gasteiger partial charge in [0.2, 0.25) is 0 Å². The van der Waals surface area contributed by atoms with Crippen LogP contribution in [0.3, 0.4) is 0 Å². The number of hydrogen-bond acceptors (Lipinski definition) is 2. The van der Waals surface area contributed by atoms with E-state index >= 15 is 0 Å². The van der Waals surface area contributed by atoms with E-state index in [-0.39, 0.29) is 0 Å². The Morgan fingerprint density at radius 3 is 2.88 bits per heavy atom. The molecule has 0 fully saturated rings. The summed E-state index contributed by atoms with van der Waals surface area (Å²) in [6.45, 7) is 1.91. The average Bonchev–Trinajstić information content (AvgIpc) is 2.14. The van der Waals surface area contributed by atoms with Crippen molar-refractivity contribution in [3.05, 3.63) is 16.1 Å². The van der Waals surface area contributed by atoms with Crippen LogP contribution in [-0.4, -0.2) is 4.98 Å². The predicted molar refractivity (Wildman–Crippen MR) is 34.8 cm³/mol. The van der Waals surface area contributed by atoms with Crippen molar-refractivity contribution in [2.75, 3.05) is 0 Å². The van der Waals surface area contributed by atoms with Gasteiger partial charge in [0.25, 0.3) is 0 Å². The molecule has 1 aromatic rings. The van der Waals surface area contributed by atoms with Crippen molar-refractivity contribution in [1.82, 2.24) is 4.98 Å². The Kier molecular flexibility index (Phi) is 1.32. The van der Waals surface area contributed by atoms with Crippen molar-refractivity contribution in [1.29, 1.82) is 0 Å². The summed E-state index contributed by atoms with van der Waals surface area (Å²) >= 11 is 1.50. The smallest absolute Gasteiger partial charge is 0.0993 e. The van der Waals surface area contributed by atoms with Crippen LogP contribution < -0.4 is 0 Å². The molecule has 1 aromatic heterocycles. The molecule has 40 valence electrons. The first-order valence-electron chi connectivity index (χ1n) is 2.21. The third kappa shape index (κ3) is 0.728. The lowest BCUT2D eigenvalue weighted by atomic mass is 10.4. The maximum atomic E-state index is 5.12. The Morgan fingerprint density at radius 2 is 2.62 bits per heavy atom. The Balaban J connectivity index is 3.15. The standard InChI is InChI=1S/C6H5NS/c1-3-6-5(2)7-4-8-6/h1,4H,2H3. The van der Waals surface area contributed by atoms with E-state index in [9.17, 15) is 0 Å². The minimum Gasteiger partial charge on any atom is -0.249 e. The molecule has 0 bridgehead atoms. The van der Waals surface area contributed by atoms with E-state index in [1.54, 1.807) is 5.51 Å². The molecule has 0 atom stereocenters. The van der Waals surface area contributed by atoms with Gasteiger partial charge in [-0.3, -0.25) is 0 Å².